The third kappa shape index (κ3) is 6.56. The van der Waals surface area contributed by atoms with Crippen molar-refractivity contribution in [2.24, 2.45) is 0 Å². The Morgan fingerprint density at radius 1 is 1.03 bits per heavy atom. The molecule has 3 rings (SSSR count). The van der Waals surface area contributed by atoms with Crippen molar-refractivity contribution in [1.82, 2.24) is 4.57 Å². The first-order chi connectivity index (χ1) is 16.7. The number of nitrogens with zero attached hydrogens (tertiary/aromatic N) is 1. The Morgan fingerprint density at radius 3 is 2.40 bits per heavy atom. The quantitative estimate of drug-likeness (QED) is 0.217. The number of carboxylic acid groups (broad SMARTS) is 1. The number of aromatic nitrogens is 1. The summed E-state index contributed by atoms with van der Waals surface area (Å²) in [6.07, 6.45) is 1.52. The fourth-order valence-electron chi connectivity index (χ4n) is 3.68. The number of halogens is 4. The number of benzene rings is 2. The number of fused-ring (bicyclic) bond motifs is 1. The van der Waals surface area contributed by atoms with Gasteiger partial charge in [-0.05, 0) is 37.1 Å². The molecule has 6 nitrogen and oxygen atoms in total. The number of aromatic carboxylic acids is 1. The van der Waals surface area contributed by atoms with Crippen molar-refractivity contribution < 1.29 is 32.5 Å². The number of hydrogen-bond donors (Lipinski definition) is 1. The van der Waals surface area contributed by atoms with E-state index in [0.717, 1.165) is 55.8 Å². The highest BCUT2D eigenvalue weighted by Gasteiger charge is 2.32. The molecular weight excluding hydrogens is 531 g/mol. The minimum absolute atomic E-state index is 0.00637. The van der Waals surface area contributed by atoms with E-state index in [4.69, 9.17) is 9.47 Å². The van der Waals surface area contributed by atoms with Crippen molar-refractivity contribution in [1.29, 1.82) is 0 Å². The van der Waals surface area contributed by atoms with Crippen LogP contribution < -0.4 is 14.9 Å². The van der Waals surface area contributed by atoms with Crippen LogP contribution in [0.3, 0.4) is 0 Å². The molecule has 0 unspecified atom stereocenters. The lowest BCUT2D eigenvalue weighted by Crippen LogP contribution is -2.18. The Kier molecular flexibility index (Phi) is 8.82. The number of alkyl halides is 4. The number of methoxy groups -OCH3 is 1. The fourth-order valence-corrected chi connectivity index (χ4v) is 4.08. The van der Waals surface area contributed by atoms with Gasteiger partial charge in [0.1, 0.15) is 17.1 Å². The second kappa shape index (κ2) is 11.6. The molecule has 0 saturated carbocycles. The van der Waals surface area contributed by atoms with E-state index in [-0.39, 0.29) is 22.3 Å². The summed E-state index contributed by atoms with van der Waals surface area (Å²) in [6.45, 7) is 0.439. The van der Waals surface area contributed by atoms with Gasteiger partial charge in [-0.25, -0.2) is 4.79 Å². The van der Waals surface area contributed by atoms with E-state index >= 15 is 0 Å². The highest BCUT2D eigenvalue weighted by Crippen LogP contribution is 2.34. The Balaban J connectivity index is 2.05. The van der Waals surface area contributed by atoms with E-state index in [2.05, 4.69) is 15.9 Å². The van der Waals surface area contributed by atoms with Gasteiger partial charge in [0.15, 0.2) is 0 Å². The van der Waals surface area contributed by atoms with E-state index in [1.807, 2.05) is 0 Å². The lowest BCUT2D eigenvalue weighted by Gasteiger charge is -2.17. The Labute approximate surface area is 208 Å². The van der Waals surface area contributed by atoms with Crippen LogP contribution in [0.25, 0.3) is 16.6 Å². The molecule has 0 aliphatic heterocycles. The molecule has 0 aliphatic rings. The van der Waals surface area contributed by atoms with E-state index < -0.39 is 28.7 Å². The summed E-state index contributed by atoms with van der Waals surface area (Å²) < 4.78 is 52.5. The predicted molar refractivity (Wildman–Crippen MR) is 130 cm³/mol. The van der Waals surface area contributed by atoms with Crippen LogP contribution in [0, 0.1) is 0 Å². The van der Waals surface area contributed by atoms with Gasteiger partial charge in [-0.1, -0.05) is 35.2 Å². The SMILES string of the molecule is COc1cc(-n2cc(C(=O)O)c(=O)c3ccc(OCCCCCCCBr)cc32)cc(C(F)(F)F)c1. The van der Waals surface area contributed by atoms with Gasteiger partial charge >= 0.3 is 12.1 Å². The number of ether oxygens (including phenoxy) is 2. The van der Waals surface area contributed by atoms with Gasteiger partial charge in [0.05, 0.1) is 24.8 Å². The summed E-state index contributed by atoms with van der Waals surface area (Å²) in [4.78, 5) is 24.4. The van der Waals surface area contributed by atoms with Crippen molar-refractivity contribution in [3.63, 3.8) is 0 Å². The molecule has 3 aromatic rings. The van der Waals surface area contributed by atoms with Gasteiger partial charge in [0.25, 0.3) is 0 Å². The van der Waals surface area contributed by atoms with Crippen LogP contribution in [0.2, 0.25) is 0 Å². The molecule has 0 atom stereocenters. The molecule has 0 amide bonds. The molecule has 2 aromatic carbocycles. The van der Waals surface area contributed by atoms with Gasteiger partial charge in [0.2, 0.25) is 5.43 Å². The summed E-state index contributed by atoms with van der Waals surface area (Å²) >= 11 is 3.40. The molecule has 0 radical (unpaired) electrons. The number of carbonyl (C=O) groups is 1. The normalized spacial score (nSPS) is 11.6. The molecule has 0 spiro atoms. The minimum atomic E-state index is -4.66. The summed E-state index contributed by atoms with van der Waals surface area (Å²) in [7, 11) is 1.23. The van der Waals surface area contributed by atoms with E-state index in [9.17, 15) is 27.9 Å². The molecule has 0 bridgehead atoms. The first kappa shape index (κ1) is 26.6. The first-order valence-corrected chi connectivity index (χ1v) is 12.2. The molecule has 0 saturated heterocycles. The third-order valence-corrected chi connectivity index (χ3v) is 6.05. The number of pyridine rings is 1. The van der Waals surface area contributed by atoms with Gasteiger partial charge < -0.3 is 19.1 Å². The summed E-state index contributed by atoms with van der Waals surface area (Å²) in [5.74, 6) is -1.12. The molecule has 10 heteroatoms. The lowest BCUT2D eigenvalue weighted by atomic mass is 10.1. The Morgan fingerprint density at radius 2 is 1.74 bits per heavy atom. The average molecular weight is 556 g/mol. The van der Waals surface area contributed by atoms with Crippen molar-refractivity contribution >= 4 is 32.8 Å². The Bertz CT molecular complexity index is 1260. The van der Waals surface area contributed by atoms with Gasteiger partial charge in [-0.15, -0.1) is 0 Å². The second-order valence-corrected chi connectivity index (χ2v) is 8.74. The maximum absolute atomic E-state index is 13.5. The molecule has 188 valence electrons. The van der Waals surface area contributed by atoms with Gasteiger partial charge in [-0.3, -0.25) is 4.79 Å². The van der Waals surface area contributed by atoms with Crippen LogP contribution >= 0.6 is 15.9 Å². The van der Waals surface area contributed by atoms with Gasteiger partial charge in [0, 0.05) is 34.7 Å². The minimum Gasteiger partial charge on any atom is -0.497 e. The standard InChI is InChI=1S/C25H25BrF3NO5/c1-34-19-12-16(25(27,28)29)11-17(13-19)30-15-21(24(32)33)23(31)20-8-7-18(14-22(20)30)35-10-6-4-2-3-5-9-26/h7-8,11-15H,2-6,9-10H2,1H3,(H,32,33). The third-order valence-electron chi connectivity index (χ3n) is 5.49. The van der Waals surface area contributed by atoms with Crippen LogP contribution in [-0.2, 0) is 6.18 Å². The van der Waals surface area contributed by atoms with Crippen molar-refractivity contribution in [2.75, 3.05) is 19.0 Å². The summed E-state index contributed by atoms with van der Waals surface area (Å²) in [5.41, 5.74) is -2.06. The van der Waals surface area contributed by atoms with Crippen LogP contribution in [0.5, 0.6) is 11.5 Å². The molecule has 1 N–H and O–H groups in total. The van der Waals surface area contributed by atoms with Crippen LogP contribution in [0.4, 0.5) is 13.2 Å². The zero-order valence-electron chi connectivity index (χ0n) is 19.0. The highest BCUT2D eigenvalue weighted by atomic mass is 79.9. The van der Waals surface area contributed by atoms with E-state index in [1.54, 1.807) is 6.07 Å². The largest absolute Gasteiger partial charge is 0.497 e. The van der Waals surface area contributed by atoms with Crippen molar-refractivity contribution in [3.8, 4) is 17.2 Å². The number of rotatable bonds is 11. The molecule has 1 aromatic heterocycles. The number of unbranched alkanes of at least 4 members (excludes halogenated alkanes) is 4. The zero-order chi connectivity index (χ0) is 25.6. The first-order valence-electron chi connectivity index (χ1n) is 11.0. The average Bonchev–Trinajstić information content (AvgIpc) is 2.82. The molecule has 35 heavy (non-hydrogen) atoms. The lowest BCUT2D eigenvalue weighted by molar-refractivity contribution is -0.137. The van der Waals surface area contributed by atoms with Crippen molar-refractivity contribution in [2.45, 2.75) is 38.3 Å². The van der Waals surface area contributed by atoms with Crippen LogP contribution in [-0.4, -0.2) is 34.7 Å². The molecule has 0 aliphatic carbocycles. The topological polar surface area (TPSA) is 77.8 Å². The van der Waals surface area contributed by atoms with Crippen molar-refractivity contribution in [3.05, 3.63) is 63.9 Å². The predicted octanol–water partition coefficient (Wildman–Crippen LogP) is 6.44. The molecule has 1 heterocycles. The number of carboxylic acids is 1. The smallest absolute Gasteiger partial charge is 0.416 e. The van der Waals surface area contributed by atoms with Crippen LogP contribution in [0.1, 0.15) is 48.0 Å². The molecular formula is C25H25BrF3NO5. The monoisotopic (exact) mass is 555 g/mol. The summed E-state index contributed by atoms with van der Waals surface area (Å²) in [5, 5.41) is 10.5. The second-order valence-electron chi connectivity index (χ2n) is 7.95. The molecule has 0 fully saturated rings. The fraction of sp³-hybridized carbons (Fsp3) is 0.360. The van der Waals surface area contributed by atoms with Gasteiger partial charge in [-0.2, -0.15) is 13.2 Å². The highest BCUT2D eigenvalue weighted by molar-refractivity contribution is 9.09. The summed E-state index contributed by atoms with van der Waals surface area (Å²) in [6, 6.07) is 7.57. The zero-order valence-corrected chi connectivity index (χ0v) is 20.6. The maximum Gasteiger partial charge on any atom is 0.416 e. The van der Waals surface area contributed by atoms with E-state index in [1.165, 1.54) is 29.9 Å². The maximum atomic E-state index is 13.5. The Hall–Kier alpha value is -3.01. The van der Waals surface area contributed by atoms with E-state index in [0.29, 0.717) is 12.4 Å². The number of hydrogen-bond acceptors (Lipinski definition) is 4. The van der Waals surface area contributed by atoms with Crippen LogP contribution in [0.15, 0.2) is 47.4 Å².